The number of anilines is 1. The van der Waals surface area contributed by atoms with Gasteiger partial charge in [0.1, 0.15) is 0 Å². The maximum atomic E-state index is 12.1. The lowest BCUT2D eigenvalue weighted by Crippen LogP contribution is -2.12. The quantitative estimate of drug-likeness (QED) is 0.858. The zero-order chi connectivity index (χ0) is 14.9. The number of rotatable bonds is 3. The molecular formula is C13H10Cl2N2O2S. The van der Waals surface area contributed by atoms with Crippen molar-refractivity contribution in [3.8, 4) is 0 Å². The van der Waals surface area contributed by atoms with Gasteiger partial charge in [-0.3, -0.25) is 14.9 Å². The van der Waals surface area contributed by atoms with Crippen molar-refractivity contribution in [3.63, 3.8) is 0 Å². The van der Waals surface area contributed by atoms with Gasteiger partial charge in [0, 0.05) is 11.9 Å². The highest BCUT2D eigenvalue weighted by Gasteiger charge is 2.16. The summed E-state index contributed by atoms with van der Waals surface area (Å²) < 4.78 is 0. The highest BCUT2D eigenvalue weighted by Crippen LogP contribution is 2.25. The number of nitrogens with one attached hydrogen (secondary N) is 1. The molecule has 0 bridgehead atoms. The molecule has 0 saturated carbocycles. The second-order valence-corrected chi connectivity index (χ2v) is 5.91. The summed E-state index contributed by atoms with van der Waals surface area (Å²) in [6, 6.07) is 4.63. The Hall–Kier alpha value is -1.43. The molecule has 20 heavy (non-hydrogen) atoms. The third-order valence-electron chi connectivity index (χ3n) is 2.51. The predicted octanol–water partition coefficient (Wildman–Crippen LogP) is 4.21. The summed E-state index contributed by atoms with van der Waals surface area (Å²) in [5, 5.41) is 3.68. The van der Waals surface area contributed by atoms with E-state index in [-0.39, 0.29) is 11.3 Å². The topological polar surface area (TPSA) is 59.1 Å². The number of benzene rings is 1. The average Bonchev–Trinajstić information content (AvgIpc) is 2.73. The lowest BCUT2D eigenvalue weighted by Gasteiger charge is -2.04. The van der Waals surface area contributed by atoms with Crippen LogP contribution in [0.25, 0.3) is 0 Å². The predicted molar refractivity (Wildman–Crippen MR) is 81.3 cm³/mol. The molecule has 0 unspecified atom stereocenters. The van der Waals surface area contributed by atoms with Crippen molar-refractivity contribution in [1.29, 1.82) is 0 Å². The van der Waals surface area contributed by atoms with Crippen LogP contribution in [0.2, 0.25) is 10.0 Å². The Bertz CT molecular complexity index is 698. The number of carbonyl (C=O) groups excluding carboxylic acids is 2. The summed E-state index contributed by atoms with van der Waals surface area (Å²) in [5.74, 6) is -0.498. The number of aryl methyl sites for hydroxylation is 1. The van der Waals surface area contributed by atoms with Gasteiger partial charge in [-0.2, -0.15) is 0 Å². The Morgan fingerprint density at radius 2 is 2.00 bits per heavy atom. The van der Waals surface area contributed by atoms with Gasteiger partial charge in [0.25, 0.3) is 5.91 Å². The summed E-state index contributed by atoms with van der Waals surface area (Å²) in [6.45, 7) is 3.18. The molecule has 1 aromatic heterocycles. The van der Waals surface area contributed by atoms with Crippen LogP contribution in [-0.2, 0) is 0 Å². The lowest BCUT2D eigenvalue weighted by molar-refractivity contribution is 0.101. The molecule has 2 rings (SSSR count). The van der Waals surface area contributed by atoms with Gasteiger partial charge in [-0.15, -0.1) is 0 Å². The first-order chi connectivity index (χ1) is 9.38. The fourth-order valence-corrected chi connectivity index (χ4v) is 2.84. The molecule has 0 radical (unpaired) electrons. The summed E-state index contributed by atoms with van der Waals surface area (Å²) in [5.41, 5.74) is 0.853. The molecule has 0 aliphatic heterocycles. The van der Waals surface area contributed by atoms with E-state index in [1.807, 2.05) is 0 Å². The first kappa shape index (κ1) is 15.0. The van der Waals surface area contributed by atoms with Crippen LogP contribution in [0.3, 0.4) is 0 Å². The SMILES string of the molecule is CC(=O)c1sc(NC(=O)c2cc(Cl)ccc2Cl)nc1C. The van der Waals surface area contributed by atoms with Gasteiger partial charge in [-0.1, -0.05) is 34.5 Å². The van der Waals surface area contributed by atoms with E-state index < -0.39 is 5.91 Å². The number of aromatic nitrogens is 1. The second kappa shape index (κ2) is 5.91. The zero-order valence-electron chi connectivity index (χ0n) is 10.7. The van der Waals surface area contributed by atoms with Crippen LogP contribution in [0, 0.1) is 6.92 Å². The fraction of sp³-hybridized carbons (Fsp3) is 0.154. The van der Waals surface area contributed by atoms with E-state index in [0.29, 0.717) is 25.7 Å². The first-order valence-corrected chi connectivity index (χ1v) is 7.20. The normalized spacial score (nSPS) is 10.4. The number of carbonyl (C=O) groups is 2. The van der Waals surface area contributed by atoms with Crippen LogP contribution in [0.1, 0.15) is 32.6 Å². The van der Waals surface area contributed by atoms with Gasteiger partial charge in [0.2, 0.25) is 0 Å². The Labute approximate surface area is 129 Å². The van der Waals surface area contributed by atoms with Gasteiger partial charge >= 0.3 is 0 Å². The summed E-state index contributed by atoms with van der Waals surface area (Å²) >= 11 is 12.9. The molecule has 2 aromatic rings. The molecule has 0 atom stereocenters. The third kappa shape index (κ3) is 3.17. The first-order valence-electron chi connectivity index (χ1n) is 5.63. The van der Waals surface area contributed by atoms with Crippen molar-refractivity contribution in [1.82, 2.24) is 4.98 Å². The molecule has 4 nitrogen and oxygen atoms in total. The molecule has 1 N–H and O–H groups in total. The molecule has 0 spiro atoms. The number of amides is 1. The van der Waals surface area contributed by atoms with Crippen molar-refractivity contribution in [2.24, 2.45) is 0 Å². The van der Waals surface area contributed by atoms with E-state index >= 15 is 0 Å². The Balaban J connectivity index is 2.26. The van der Waals surface area contributed by atoms with Crippen LogP contribution in [0.4, 0.5) is 5.13 Å². The minimum Gasteiger partial charge on any atom is -0.298 e. The summed E-state index contributed by atoms with van der Waals surface area (Å²) in [7, 11) is 0. The van der Waals surface area contributed by atoms with Crippen molar-refractivity contribution >= 4 is 51.4 Å². The fourth-order valence-electron chi connectivity index (χ4n) is 1.61. The van der Waals surface area contributed by atoms with E-state index in [9.17, 15) is 9.59 Å². The van der Waals surface area contributed by atoms with Crippen molar-refractivity contribution < 1.29 is 9.59 Å². The number of halogens is 2. The van der Waals surface area contributed by atoms with Crippen molar-refractivity contribution in [3.05, 3.63) is 44.4 Å². The van der Waals surface area contributed by atoms with E-state index in [2.05, 4.69) is 10.3 Å². The van der Waals surface area contributed by atoms with Crippen LogP contribution in [0.15, 0.2) is 18.2 Å². The number of hydrogen-bond donors (Lipinski definition) is 1. The van der Waals surface area contributed by atoms with E-state index in [0.717, 1.165) is 11.3 Å². The smallest absolute Gasteiger partial charge is 0.259 e. The largest absolute Gasteiger partial charge is 0.298 e. The molecule has 1 heterocycles. The van der Waals surface area contributed by atoms with Crippen LogP contribution in [-0.4, -0.2) is 16.7 Å². The van der Waals surface area contributed by atoms with E-state index in [1.165, 1.54) is 13.0 Å². The molecule has 0 aliphatic rings. The second-order valence-electron chi connectivity index (χ2n) is 4.07. The van der Waals surface area contributed by atoms with Crippen LogP contribution >= 0.6 is 34.5 Å². The zero-order valence-corrected chi connectivity index (χ0v) is 13.0. The van der Waals surface area contributed by atoms with Crippen molar-refractivity contribution in [2.45, 2.75) is 13.8 Å². The molecule has 1 amide bonds. The molecule has 104 valence electrons. The monoisotopic (exact) mass is 328 g/mol. The summed E-state index contributed by atoms with van der Waals surface area (Å²) in [6.07, 6.45) is 0. The summed E-state index contributed by atoms with van der Waals surface area (Å²) in [4.78, 5) is 28.1. The standard InChI is InChI=1S/C13H10Cl2N2O2S/c1-6-11(7(2)18)20-13(16-6)17-12(19)9-5-8(14)3-4-10(9)15/h3-5H,1-2H3,(H,16,17,19). The van der Waals surface area contributed by atoms with Gasteiger partial charge in [-0.05, 0) is 25.1 Å². The van der Waals surface area contributed by atoms with Crippen LogP contribution < -0.4 is 5.32 Å². The Morgan fingerprint density at radius 1 is 1.30 bits per heavy atom. The molecule has 0 saturated heterocycles. The minimum absolute atomic E-state index is 0.0821. The van der Waals surface area contributed by atoms with E-state index in [4.69, 9.17) is 23.2 Å². The minimum atomic E-state index is -0.415. The number of Topliss-reactive ketones (excluding diaryl/α,β-unsaturated/α-hetero) is 1. The van der Waals surface area contributed by atoms with Gasteiger partial charge in [0.05, 0.1) is 21.2 Å². The highest BCUT2D eigenvalue weighted by atomic mass is 35.5. The Kier molecular flexibility index (Phi) is 4.42. The van der Waals surface area contributed by atoms with Gasteiger partial charge in [0.15, 0.2) is 10.9 Å². The molecule has 1 aromatic carbocycles. The third-order valence-corrected chi connectivity index (χ3v) is 4.25. The average molecular weight is 329 g/mol. The molecule has 7 heteroatoms. The van der Waals surface area contributed by atoms with Gasteiger partial charge in [-0.25, -0.2) is 4.98 Å². The van der Waals surface area contributed by atoms with Crippen LogP contribution in [0.5, 0.6) is 0 Å². The van der Waals surface area contributed by atoms with Gasteiger partial charge < -0.3 is 0 Å². The highest BCUT2D eigenvalue weighted by molar-refractivity contribution is 7.17. The maximum Gasteiger partial charge on any atom is 0.259 e. The maximum absolute atomic E-state index is 12.1. The Morgan fingerprint density at radius 3 is 2.60 bits per heavy atom. The number of ketones is 1. The molecular weight excluding hydrogens is 319 g/mol. The van der Waals surface area contributed by atoms with E-state index in [1.54, 1.807) is 19.1 Å². The molecule has 0 aliphatic carbocycles. The number of nitrogens with zero attached hydrogens (tertiary/aromatic N) is 1. The lowest BCUT2D eigenvalue weighted by atomic mass is 10.2. The van der Waals surface area contributed by atoms with Crippen molar-refractivity contribution in [2.75, 3.05) is 5.32 Å². The number of thiazole rings is 1. The number of hydrogen-bond acceptors (Lipinski definition) is 4. The molecule has 0 fully saturated rings.